The summed E-state index contributed by atoms with van der Waals surface area (Å²) < 4.78 is 89.6. The van der Waals surface area contributed by atoms with E-state index in [4.69, 9.17) is 32.7 Å². The van der Waals surface area contributed by atoms with Gasteiger partial charge in [0.2, 0.25) is 23.6 Å². The van der Waals surface area contributed by atoms with E-state index in [0.717, 1.165) is 36.3 Å². The number of aromatic nitrogens is 2. The van der Waals surface area contributed by atoms with Gasteiger partial charge in [-0.2, -0.15) is 26.3 Å². The van der Waals surface area contributed by atoms with Crippen LogP contribution in [0.1, 0.15) is 61.8 Å². The second-order valence-corrected chi connectivity index (χ2v) is 17.8. The molecular formula is C44H50Cl2F6N6O4. The summed E-state index contributed by atoms with van der Waals surface area (Å²) in [5.41, 5.74) is -1.93. The number of hydrogen-bond acceptors (Lipinski definition) is 8. The van der Waals surface area contributed by atoms with Gasteiger partial charge in [-0.25, -0.2) is 9.97 Å². The van der Waals surface area contributed by atoms with Gasteiger partial charge in [-0.15, -0.1) is 0 Å². The average Bonchev–Trinajstić information content (AvgIpc) is 3.76. The van der Waals surface area contributed by atoms with Crippen molar-refractivity contribution in [3.63, 3.8) is 0 Å². The van der Waals surface area contributed by atoms with Gasteiger partial charge in [0.25, 0.3) is 0 Å². The lowest BCUT2D eigenvalue weighted by Crippen LogP contribution is -2.48. The maximum Gasteiger partial charge on any atom is 0.421 e. The Morgan fingerprint density at radius 3 is 1.27 bits per heavy atom. The van der Waals surface area contributed by atoms with E-state index in [1.807, 2.05) is 62.6 Å². The van der Waals surface area contributed by atoms with Gasteiger partial charge in [0.1, 0.15) is 24.3 Å². The molecule has 0 bridgehead atoms. The maximum atomic E-state index is 13.2. The van der Waals surface area contributed by atoms with Crippen molar-refractivity contribution in [1.82, 2.24) is 30.4 Å². The second kappa shape index (κ2) is 19.8. The Morgan fingerprint density at radius 1 is 0.613 bits per heavy atom. The molecule has 2 fully saturated rings. The van der Waals surface area contributed by atoms with Gasteiger partial charge in [0, 0.05) is 72.5 Å². The summed E-state index contributed by atoms with van der Waals surface area (Å²) in [6.07, 6.45) is -6.72. The van der Waals surface area contributed by atoms with E-state index in [2.05, 4.69) is 30.4 Å². The molecule has 0 saturated carbocycles. The predicted molar refractivity (Wildman–Crippen MR) is 224 cm³/mol. The highest BCUT2D eigenvalue weighted by Gasteiger charge is 2.41. The molecule has 2 aliphatic rings. The fraction of sp³-hybridized carbons (Fsp3) is 0.455. The fourth-order valence-corrected chi connectivity index (χ4v) is 7.44. The molecule has 2 N–H and O–H groups in total. The lowest BCUT2D eigenvalue weighted by molar-refractivity contribution is -0.141. The molecule has 4 heterocycles. The Morgan fingerprint density at radius 2 is 0.952 bits per heavy atom. The molecule has 0 aliphatic carbocycles. The molecule has 0 unspecified atom stereocenters. The maximum absolute atomic E-state index is 13.2. The lowest BCUT2D eigenvalue weighted by Gasteiger charge is -2.28. The summed E-state index contributed by atoms with van der Waals surface area (Å²) in [5, 5.41) is 7.40. The number of halogens is 8. The Balaban J connectivity index is 0.000000234. The van der Waals surface area contributed by atoms with E-state index in [1.54, 1.807) is 27.7 Å². The molecule has 0 radical (unpaired) electrons. The first kappa shape index (κ1) is 48.4. The Hall–Kier alpha value is -4.64. The largest absolute Gasteiger partial charge is 0.476 e. The molecule has 2 aromatic heterocycles. The summed E-state index contributed by atoms with van der Waals surface area (Å²) in [4.78, 5) is 37.6. The van der Waals surface area contributed by atoms with Crippen LogP contribution in [-0.4, -0.2) is 97.2 Å². The van der Waals surface area contributed by atoms with Gasteiger partial charge in [-0.1, -0.05) is 47.5 Å². The van der Waals surface area contributed by atoms with Crippen LogP contribution in [0.4, 0.5) is 26.3 Å². The van der Waals surface area contributed by atoms with E-state index in [-0.39, 0.29) is 48.9 Å². The van der Waals surface area contributed by atoms with Crippen molar-refractivity contribution in [2.75, 3.05) is 53.5 Å². The average molecular weight is 912 g/mol. The van der Waals surface area contributed by atoms with Crippen LogP contribution in [-0.2, 0) is 21.9 Å². The quantitative estimate of drug-likeness (QED) is 0.136. The molecule has 62 heavy (non-hydrogen) atoms. The summed E-state index contributed by atoms with van der Waals surface area (Å²) in [7, 11) is 3.95. The van der Waals surface area contributed by atoms with Gasteiger partial charge in [-0.05, 0) is 101 Å². The van der Waals surface area contributed by atoms with Crippen molar-refractivity contribution in [3.8, 4) is 11.8 Å². The van der Waals surface area contributed by atoms with E-state index in [1.165, 1.54) is 24.5 Å². The van der Waals surface area contributed by atoms with Crippen molar-refractivity contribution in [1.29, 1.82) is 0 Å². The molecule has 0 spiro atoms. The van der Waals surface area contributed by atoms with E-state index < -0.39 is 46.1 Å². The first-order valence-electron chi connectivity index (χ1n) is 19.7. The van der Waals surface area contributed by atoms with Gasteiger partial charge in [0.15, 0.2) is 0 Å². The van der Waals surface area contributed by atoms with Crippen molar-refractivity contribution in [2.24, 2.45) is 10.8 Å². The van der Waals surface area contributed by atoms with Gasteiger partial charge in [0.05, 0.1) is 10.8 Å². The highest BCUT2D eigenvalue weighted by molar-refractivity contribution is 6.30. The first-order valence-corrected chi connectivity index (χ1v) is 20.5. The third kappa shape index (κ3) is 12.7. The number of carbonyl (C=O) groups is 2. The number of ether oxygens (including phenoxy) is 2. The van der Waals surface area contributed by atoms with Gasteiger partial charge < -0.3 is 29.9 Å². The number of likely N-dealkylation sites (N-methyl/N-ethyl adjacent to an activating group) is 2. The van der Waals surface area contributed by atoms with E-state index >= 15 is 0 Å². The minimum Gasteiger partial charge on any atom is -0.476 e. The standard InChI is InChI=1S/2C22H25ClF3N3O2/c2*1-21(2,13-31-19-17(22(24,25)26)5-4-10-27-19)20(30)28-18-12-29(3)11-16(18)14-6-8-15(23)9-7-14/h2*4-10,16,18H,11-13H2,1-3H3,(H,28,30)/t2*16-,18+/m10/s1. The lowest BCUT2D eigenvalue weighted by atomic mass is 9.90. The molecule has 10 nitrogen and oxygen atoms in total. The zero-order chi connectivity index (χ0) is 45.6. The number of alkyl halides is 6. The minimum atomic E-state index is -4.59. The number of hydrogen-bond donors (Lipinski definition) is 2. The number of rotatable bonds is 12. The van der Waals surface area contributed by atoms with Crippen LogP contribution in [0.15, 0.2) is 85.2 Å². The van der Waals surface area contributed by atoms with Crippen LogP contribution >= 0.6 is 23.2 Å². The first-order chi connectivity index (χ1) is 28.9. The molecule has 4 aromatic rings. The van der Waals surface area contributed by atoms with Crippen molar-refractivity contribution in [2.45, 2.75) is 64.0 Å². The number of nitrogens with one attached hydrogen (secondary N) is 2. The number of amides is 2. The highest BCUT2D eigenvalue weighted by atomic mass is 35.5. The molecule has 4 atom stereocenters. The van der Waals surface area contributed by atoms with Crippen LogP contribution in [0.2, 0.25) is 10.0 Å². The third-order valence-electron chi connectivity index (χ3n) is 10.8. The molecule has 2 aromatic carbocycles. The number of carbonyl (C=O) groups excluding carboxylic acids is 2. The number of nitrogens with zero attached hydrogens (tertiary/aromatic N) is 4. The molecule has 6 rings (SSSR count). The molecule has 2 saturated heterocycles. The van der Waals surface area contributed by atoms with E-state index in [9.17, 15) is 35.9 Å². The number of benzene rings is 2. The number of likely N-dealkylation sites (tertiary alicyclic amines) is 2. The SMILES string of the molecule is CN1C[C@@H](NC(=O)C(C)(C)COc2ncccc2C(F)(F)F)[C@H](c2ccc(Cl)cc2)C1.CN1C[C@H](NC(=O)C(C)(C)COc2ncccc2C(F)(F)F)[C@@H](c2ccc(Cl)cc2)C1. The predicted octanol–water partition coefficient (Wildman–Crippen LogP) is 8.75. The van der Waals surface area contributed by atoms with Crippen LogP contribution in [0.5, 0.6) is 11.8 Å². The normalized spacial score (nSPS) is 20.0. The Labute approximate surface area is 367 Å². The zero-order valence-electron chi connectivity index (χ0n) is 35.1. The topological polar surface area (TPSA) is 109 Å². The molecule has 2 aliphatic heterocycles. The smallest absolute Gasteiger partial charge is 0.421 e. The zero-order valence-corrected chi connectivity index (χ0v) is 36.6. The van der Waals surface area contributed by atoms with Crippen LogP contribution in [0.25, 0.3) is 0 Å². The van der Waals surface area contributed by atoms with Crippen molar-refractivity contribution < 1.29 is 45.4 Å². The molecule has 336 valence electrons. The minimum absolute atomic E-state index is 0.0792. The summed E-state index contributed by atoms with van der Waals surface area (Å²) in [6, 6.07) is 19.0. The third-order valence-corrected chi connectivity index (χ3v) is 11.3. The van der Waals surface area contributed by atoms with Gasteiger partial charge >= 0.3 is 12.4 Å². The van der Waals surface area contributed by atoms with Crippen LogP contribution < -0.4 is 20.1 Å². The second-order valence-electron chi connectivity index (χ2n) is 17.0. The van der Waals surface area contributed by atoms with E-state index in [0.29, 0.717) is 23.1 Å². The summed E-state index contributed by atoms with van der Waals surface area (Å²) >= 11 is 12.0. The molecular weight excluding hydrogens is 861 g/mol. The van der Waals surface area contributed by atoms with Crippen molar-refractivity contribution in [3.05, 3.63) is 117 Å². The summed E-state index contributed by atoms with van der Waals surface area (Å²) in [5.74, 6) is -1.50. The fourth-order valence-electron chi connectivity index (χ4n) is 7.19. The monoisotopic (exact) mass is 910 g/mol. The Kier molecular flexibility index (Phi) is 15.5. The van der Waals surface area contributed by atoms with Crippen LogP contribution in [0.3, 0.4) is 0 Å². The number of pyridine rings is 2. The molecule has 2 amide bonds. The van der Waals surface area contributed by atoms with Gasteiger partial charge in [-0.3, -0.25) is 9.59 Å². The Bertz CT molecular complexity index is 1990. The van der Waals surface area contributed by atoms with Crippen molar-refractivity contribution >= 4 is 35.0 Å². The highest BCUT2D eigenvalue weighted by Crippen LogP contribution is 2.37. The molecule has 18 heteroatoms. The van der Waals surface area contributed by atoms with Crippen LogP contribution in [0, 0.1) is 10.8 Å². The summed E-state index contributed by atoms with van der Waals surface area (Å²) in [6.45, 7) is 8.91.